The van der Waals surface area contributed by atoms with Crippen molar-refractivity contribution in [2.75, 3.05) is 38.2 Å². The van der Waals surface area contributed by atoms with Crippen LogP contribution in [0.15, 0.2) is 24.3 Å². The molecule has 130 valence electrons. The van der Waals surface area contributed by atoms with Crippen LogP contribution in [0.5, 0.6) is 5.75 Å². The molecule has 1 fully saturated rings. The lowest BCUT2D eigenvalue weighted by Gasteiger charge is -2.35. The number of amides is 2. The number of benzene rings is 1. The van der Waals surface area contributed by atoms with Gasteiger partial charge in [-0.15, -0.1) is 0 Å². The lowest BCUT2D eigenvalue weighted by atomic mass is 10.1. The van der Waals surface area contributed by atoms with E-state index < -0.39 is 6.10 Å². The number of para-hydroxylation sites is 2. The number of carbonyl (C=O) groups is 2. The Morgan fingerprint density at radius 3 is 2.92 bits per heavy atom. The molecular formula is C17H23N3O4. The van der Waals surface area contributed by atoms with Gasteiger partial charge in [0.15, 0.2) is 6.10 Å². The monoisotopic (exact) mass is 333 g/mol. The second-order valence-electron chi connectivity index (χ2n) is 6.01. The second kappa shape index (κ2) is 7.53. The third kappa shape index (κ3) is 3.79. The summed E-state index contributed by atoms with van der Waals surface area (Å²) in [7, 11) is 1.57. The SMILES string of the molecule is CNC(=O)[C@H]1CN(CC(=O)NC[C@@H]2CCCO2)c2ccccc2O1. The van der Waals surface area contributed by atoms with Gasteiger partial charge < -0.3 is 25.0 Å². The molecule has 3 rings (SSSR count). The van der Waals surface area contributed by atoms with Gasteiger partial charge in [0.25, 0.3) is 5.91 Å². The zero-order valence-corrected chi connectivity index (χ0v) is 13.8. The maximum atomic E-state index is 12.3. The zero-order chi connectivity index (χ0) is 16.9. The molecule has 0 radical (unpaired) electrons. The highest BCUT2D eigenvalue weighted by molar-refractivity contribution is 5.86. The standard InChI is InChI=1S/C17H23N3O4/c1-18-17(22)15-10-20(13-6-2-3-7-14(13)24-15)11-16(21)19-9-12-5-4-8-23-12/h2-3,6-7,12,15H,4-5,8-11H2,1H3,(H,18,22)(H,19,21)/t12-,15+/m0/s1. The predicted octanol–water partition coefficient (Wildman–Crippen LogP) is 0.295. The van der Waals surface area contributed by atoms with Crippen LogP contribution in [0.2, 0.25) is 0 Å². The van der Waals surface area contributed by atoms with Gasteiger partial charge in [-0.1, -0.05) is 12.1 Å². The minimum absolute atomic E-state index is 0.0853. The van der Waals surface area contributed by atoms with Gasteiger partial charge in [-0.3, -0.25) is 9.59 Å². The maximum Gasteiger partial charge on any atom is 0.262 e. The summed E-state index contributed by atoms with van der Waals surface area (Å²) in [6.07, 6.45) is 1.52. The van der Waals surface area contributed by atoms with E-state index in [4.69, 9.17) is 9.47 Å². The quantitative estimate of drug-likeness (QED) is 0.810. The average Bonchev–Trinajstić information content (AvgIpc) is 3.12. The third-order valence-electron chi connectivity index (χ3n) is 4.29. The van der Waals surface area contributed by atoms with Gasteiger partial charge in [-0.2, -0.15) is 0 Å². The van der Waals surface area contributed by atoms with E-state index >= 15 is 0 Å². The van der Waals surface area contributed by atoms with Crippen molar-refractivity contribution in [3.8, 4) is 5.75 Å². The summed E-state index contributed by atoms with van der Waals surface area (Å²) in [6.45, 7) is 1.82. The molecule has 2 amide bonds. The van der Waals surface area contributed by atoms with Gasteiger partial charge in [0.2, 0.25) is 5.91 Å². The van der Waals surface area contributed by atoms with Crippen molar-refractivity contribution >= 4 is 17.5 Å². The molecule has 0 aliphatic carbocycles. The van der Waals surface area contributed by atoms with Crippen molar-refractivity contribution in [1.29, 1.82) is 0 Å². The fourth-order valence-electron chi connectivity index (χ4n) is 3.02. The van der Waals surface area contributed by atoms with Crippen LogP contribution in [0.4, 0.5) is 5.69 Å². The Labute approximate surface area is 141 Å². The molecular weight excluding hydrogens is 310 g/mol. The number of ether oxygens (including phenoxy) is 2. The van der Waals surface area contributed by atoms with E-state index in [1.807, 2.05) is 29.2 Å². The molecule has 0 unspecified atom stereocenters. The largest absolute Gasteiger partial charge is 0.477 e. The summed E-state index contributed by atoms with van der Waals surface area (Å²) in [5.41, 5.74) is 0.824. The molecule has 7 heteroatoms. The molecule has 24 heavy (non-hydrogen) atoms. The fourth-order valence-corrected chi connectivity index (χ4v) is 3.02. The van der Waals surface area contributed by atoms with Crippen molar-refractivity contribution < 1.29 is 19.1 Å². The molecule has 0 saturated carbocycles. The Kier molecular flexibility index (Phi) is 5.20. The Bertz CT molecular complexity index is 601. The number of carbonyl (C=O) groups excluding carboxylic acids is 2. The smallest absolute Gasteiger partial charge is 0.262 e. The lowest BCUT2D eigenvalue weighted by Crippen LogP contribution is -2.51. The van der Waals surface area contributed by atoms with Gasteiger partial charge in [0, 0.05) is 20.2 Å². The summed E-state index contributed by atoms with van der Waals surface area (Å²) < 4.78 is 11.2. The van der Waals surface area contributed by atoms with Crippen molar-refractivity contribution in [3.05, 3.63) is 24.3 Å². The maximum absolute atomic E-state index is 12.3. The zero-order valence-electron chi connectivity index (χ0n) is 13.8. The normalized spacial score (nSPS) is 22.5. The molecule has 7 nitrogen and oxygen atoms in total. The third-order valence-corrected chi connectivity index (χ3v) is 4.29. The predicted molar refractivity (Wildman–Crippen MR) is 89.1 cm³/mol. The van der Waals surface area contributed by atoms with E-state index in [9.17, 15) is 9.59 Å². The van der Waals surface area contributed by atoms with Crippen LogP contribution in [-0.4, -0.2) is 57.3 Å². The molecule has 2 N–H and O–H groups in total. The molecule has 2 aliphatic heterocycles. The number of hydrogen-bond donors (Lipinski definition) is 2. The molecule has 1 aromatic carbocycles. The number of nitrogens with one attached hydrogen (secondary N) is 2. The Morgan fingerprint density at radius 1 is 1.33 bits per heavy atom. The number of fused-ring (bicyclic) bond motifs is 1. The van der Waals surface area contributed by atoms with Gasteiger partial charge in [-0.05, 0) is 25.0 Å². The van der Waals surface area contributed by atoms with E-state index in [0.717, 1.165) is 25.1 Å². The van der Waals surface area contributed by atoms with Crippen molar-refractivity contribution in [2.24, 2.45) is 0 Å². The number of hydrogen-bond acceptors (Lipinski definition) is 5. The van der Waals surface area contributed by atoms with Crippen LogP contribution in [0.1, 0.15) is 12.8 Å². The highest BCUT2D eigenvalue weighted by Gasteiger charge is 2.31. The first-order valence-corrected chi connectivity index (χ1v) is 8.28. The van der Waals surface area contributed by atoms with Crippen molar-refractivity contribution in [2.45, 2.75) is 25.0 Å². The number of anilines is 1. The van der Waals surface area contributed by atoms with Gasteiger partial charge in [0.05, 0.1) is 24.9 Å². The van der Waals surface area contributed by atoms with E-state index in [-0.39, 0.29) is 24.5 Å². The first-order valence-electron chi connectivity index (χ1n) is 8.28. The second-order valence-corrected chi connectivity index (χ2v) is 6.01. The number of likely N-dealkylation sites (N-methyl/N-ethyl adjacent to an activating group) is 1. The summed E-state index contributed by atoms with van der Waals surface area (Å²) in [5, 5.41) is 5.51. The van der Waals surface area contributed by atoms with Crippen LogP contribution in [0, 0.1) is 0 Å². The highest BCUT2D eigenvalue weighted by Crippen LogP contribution is 2.32. The topological polar surface area (TPSA) is 79.9 Å². The number of nitrogens with zero attached hydrogens (tertiary/aromatic N) is 1. The highest BCUT2D eigenvalue weighted by atomic mass is 16.5. The molecule has 2 heterocycles. The first-order chi connectivity index (χ1) is 11.7. The average molecular weight is 333 g/mol. The van der Waals surface area contributed by atoms with Crippen LogP contribution < -0.4 is 20.3 Å². The van der Waals surface area contributed by atoms with Crippen LogP contribution in [-0.2, 0) is 14.3 Å². The van der Waals surface area contributed by atoms with E-state index in [1.54, 1.807) is 7.05 Å². The van der Waals surface area contributed by atoms with Gasteiger partial charge >= 0.3 is 0 Å². The summed E-state index contributed by atoms with van der Waals surface area (Å²) in [4.78, 5) is 26.1. The van der Waals surface area contributed by atoms with Gasteiger partial charge in [-0.25, -0.2) is 0 Å². The first kappa shape index (κ1) is 16.6. The van der Waals surface area contributed by atoms with E-state index in [1.165, 1.54) is 0 Å². The molecule has 2 atom stereocenters. The van der Waals surface area contributed by atoms with Crippen molar-refractivity contribution in [1.82, 2.24) is 10.6 Å². The van der Waals surface area contributed by atoms with Crippen LogP contribution >= 0.6 is 0 Å². The lowest BCUT2D eigenvalue weighted by molar-refractivity contribution is -0.127. The Morgan fingerprint density at radius 2 is 2.17 bits per heavy atom. The van der Waals surface area contributed by atoms with Gasteiger partial charge in [0.1, 0.15) is 5.75 Å². The van der Waals surface area contributed by atoms with E-state index in [0.29, 0.717) is 18.8 Å². The fraction of sp³-hybridized carbons (Fsp3) is 0.529. The molecule has 0 spiro atoms. The minimum Gasteiger partial charge on any atom is -0.477 e. The summed E-state index contributed by atoms with van der Waals surface area (Å²) in [6, 6.07) is 7.44. The summed E-state index contributed by atoms with van der Waals surface area (Å²) >= 11 is 0. The molecule has 0 bridgehead atoms. The minimum atomic E-state index is -0.629. The Balaban J connectivity index is 1.64. The van der Waals surface area contributed by atoms with E-state index in [2.05, 4.69) is 10.6 Å². The van der Waals surface area contributed by atoms with Crippen LogP contribution in [0.3, 0.4) is 0 Å². The molecule has 2 aliphatic rings. The summed E-state index contributed by atoms with van der Waals surface area (Å²) in [5.74, 6) is 0.330. The Hall–Kier alpha value is -2.28. The van der Waals surface area contributed by atoms with Crippen molar-refractivity contribution in [3.63, 3.8) is 0 Å². The molecule has 0 aromatic heterocycles. The van der Waals surface area contributed by atoms with Crippen LogP contribution in [0.25, 0.3) is 0 Å². The number of rotatable bonds is 5. The molecule has 1 saturated heterocycles. The molecule has 1 aromatic rings.